The molecule has 1 unspecified atom stereocenters. The first-order valence-corrected chi connectivity index (χ1v) is 15.2. The summed E-state index contributed by atoms with van der Waals surface area (Å²) in [7, 11) is -2.74. The third-order valence-corrected chi connectivity index (χ3v) is 8.84. The maximum Gasteiger partial charge on any atom is 0.338 e. The number of methoxy groups -OCH3 is 1. The lowest BCUT2D eigenvalue weighted by atomic mass is 10.1. The van der Waals surface area contributed by atoms with Crippen LogP contribution in [0.1, 0.15) is 33.9 Å². The number of anilines is 1. The van der Waals surface area contributed by atoms with E-state index in [9.17, 15) is 23.1 Å². The van der Waals surface area contributed by atoms with Gasteiger partial charge in [0.05, 0.1) is 36.9 Å². The van der Waals surface area contributed by atoms with Gasteiger partial charge >= 0.3 is 5.97 Å². The molecule has 5 rings (SSSR count). The zero-order valence-corrected chi connectivity index (χ0v) is 25.1. The fourth-order valence-corrected chi connectivity index (χ4v) is 6.49. The van der Waals surface area contributed by atoms with E-state index in [1.165, 1.54) is 19.2 Å². The number of carbonyl (C=O) groups excluding carboxylic acids is 1. The lowest BCUT2D eigenvalue weighted by Gasteiger charge is -2.33. The van der Waals surface area contributed by atoms with Crippen molar-refractivity contribution in [1.82, 2.24) is 14.1 Å². The zero-order valence-electron chi connectivity index (χ0n) is 24.3. The number of ether oxygens (including phenoxy) is 2. The molecular formula is C31H31N5O7S. The zero-order chi connectivity index (χ0) is 31.4. The lowest BCUT2D eigenvalue weighted by Crippen LogP contribution is -2.47. The number of para-hydroxylation sites is 3. The van der Waals surface area contributed by atoms with Crippen LogP contribution in [-0.4, -0.2) is 65.6 Å². The summed E-state index contributed by atoms with van der Waals surface area (Å²) in [6.07, 6.45) is 2.50. The minimum Gasteiger partial charge on any atom is -0.495 e. The molecule has 13 heteroatoms. The van der Waals surface area contributed by atoms with Crippen LogP contribution in [0.4, 0.5) is 11.4 Å². The quantitative estimate of drug-likeness (QED) is 0.232. The van der Waals surface area contributed by atoms with Gasteiger partial charge in [0.2, 0.25) is 0 Å². The summed E-state index contributed by atoms with van der Waals surface area (Å²) in [6.45, 7) is 4.02. The van der Waals surface area contributed by atoms with Crippen LogP contribution < -0.4 is 14.8 Å². The van der Waals surface area contributed by atoms with E-state index in [1.807, 2.05) is 32.0 Å². The SMILES string of the molecule is COc1ccccc1NC(=O)C(C1=Nc2ccccc2S(=O)(=O)N1CCCOc1ccc(C)cc1C)n1cc(C(=O)O)cn1. The highest BCUT2D eigenvalue weighted by Gasteiger charge is 2.41. The molecule has 4 aromatic rings. The van der Waals surface area contributed by atoms with Gasteiger partial charge in [0.15, 0.2) is 11.9 Å². The van der Waals surface area contributed by atoms with E-state index in [4.69, 9.17) is 9.47 Å². The van der Waals surface area contributed by atoms with E-state index in [0.29, 0.717) is 17.2 Å². The van der Waals surface area contributed by atoms with Crippen molar-refractivity contribution in [2.75, 3.05) is 25.6 Å². The normalized spacial score (nSPS) is 14.2. The molecule has 1 atom stereocenters. The highest BCUT2D eigenvalue weighted by molar-refractivity contribution is 7.90. The summed E-state index contributed by atoms with van der Waals surface area (Å²) in [5.74, 6) is -1.07. The van der Waals surface area contributed by atoms with Crippen molar-refractivity contribution >= 4 is 39.1 Å². The number of amides is 1. The molecule has 1 aromatic heterocycles. The van der Waals surface area contributed by atoms with Gasteiger partial charge in [-0.1, -0.05) is 42.0 Å². The molecule has 1 aliphatic heterocycles. The largest absolute Gasteiger partial charge is 0.495 e. The van der Waals surface area contributed by atoms with Crippen LogP contribution >= 0.6 is 0 Å². The van der Waals surface area contributed by atoms with Crippen molar-refractivity contribution in [3.8, 4) is 11.5 Å². The molecule has 0 aliphatic carbocycles. The van der Waals surface area contributed by atoms with Crippen LogP contribution in [0.25, 0.3) is 0 Å². The van der Waals surface area contributed by atoms with Gasteiger partial charge in [-0.05, 0) is 49.7 Å². The Hall–Kier alpha value is -5.17. The van der Waals surface area contributed by atoms with E-state index in [-0.39, 0.29) is 41.6 Å². The Bertz CT molecular complexity index is 1850. The number of aromatic carboxylic acids is 1. The van der Waals surface area contributed by atoms with Crippen LogP contribution in [0.15, 0.2) is 89.0 Å². The number of aliphatic imine (C=N–C) groups is 1. The first kappa shape index (κ1) is 30.3. The van der Waals surface area contributed by atoms with Crippen molar-refractivity contribution in [2.45, 2.75) is 31.2 Å². The number of carboxylic acids is 1. The van der Waals surface area contributed by atoms with Gasteiger partial charge in [0.1, 0.15) is 16.4 Å². The van der Waals surface area contributed by atoms with Crippen molar-refractivity contribution in [2.24, 2.45) is 4.99 Å². The van der Waals surface area contributed by atoms with Gasteiger partial charge in [0.25, 0.3) is 15.9 Å². The van der Waals surface area contributed by atoms with Gasteiger partial charge < -0.3 is 19.9 Å². The Morgan fingerprint density at radius 3 is 2.50 bits per heavy atom. The molecule has 0 spiro atoms. The summed E-state index contributed by atoms with van der Waals surface area (Å²) >= 11 is 0. The standard InChI is InChI=1S/C31H31N5O7S/c1-20-13-14-25(21(2)17-20)43-16-8-15-36-29(33-24-10-5-7-12-27(24)44(36,40)41)28(35-19-22(18-32-35)31(38)39)30(37)34-23-9-4-6-11-26(23)42-3/h4-7,9-14,17-19,28H,8,15-16H2,1-3H3,(H,34,37)(H,38,39). The predicted molar refractivity (Wildman–Crippen MR) is 163 cm³/mol. The number of aromatic nitrogens is 2. The number of fused-ring (bicyclic) bond motifs is 1. The molecule has 3 aromatic carbocycles. The summed E-state index contributed by atoms with van der Waals surface area (Å²) in [4.78, 5) is 30.3. The van der Waals surface area contributed by atoms with Crippen LogP contribution in [0.2, 0.25) is 0 Å². The predicted octanol–water partition coefficient (Wildman–Crippen LogP) is 4.59. The van der Waals surface area contributed by atoms with Gasteiger partial charge in [0, 0.05) is 19.2 Å². The average molecular weight is 618 g/mol. The third-order valence-electron chi connectivity index (χ3n) is 6.99. The molecular weight excluding hydrogens is 586 g/mol. The van der Waals surface area contributed by atoms with Crippen molar-refractivity contribution < 1.29 is 32.6 Å². The van der Waals surface area contributed by atoms with Gasteiger partial charge in [-0.25, -0.2) is 18.2 Å². The molecule has 1 amide bonds. The number of nitrogens with zero attached hydrogens (tertiary/aromatic N) is 4. The van der Waals surface area contributed by atoms with Crippen LogP contribution in [-0.2, 0) is 14.8 Å². The number of sulfonamides is 1. The first-order valence-electron chi connectivity index (χ1n) is 13.7. The molecule has 44 heavy (non-hydrogen) atoms. The third kappa shape index (κ3) is 6.13. The highest BCUT2D eigenvalue weighted by atomic mass is 32.2. The van der Waals surface area contributed by atoms with Gasteiger partial charge in [-0.15, -0.1) is 0 Å². The average Bonchev–Trinajstić information content (AvgIpc) is 3.48. The minimum atomic E-state index is -4.19. The number of aryl methyl sites for hydroxylation is 2. The molecule has 2 N–H and O–H groups in total. The van der Waals surface area contributed by atoms with Gasteiger partial charge in [-0.2, -0.15) is 5.10 Å². The van der Waals surface area contributed by atoms with Crippen LogP contribution in [0, 0.1) is 13.8 Å². The molecule has 0 fully saturated rings. The number of amidine groups is 1. The second-order valence-electron chi connectivity index (χ2n) is 10.1. The maximum atomic E-state index is 14.0. The molecule has 0 bridgehead atoms. The van der Waals surface area contributed by atoms with Crippen LogP contribution in [0.3, 0.4) is 0 Å². The number of rotatable bonds is 11. The number of hydrogen-bond donors (Lipinski definition) is 2. The molecule has 0 radical (unpaired) electrons. The smallest absolute Gasteiger partial charge is 0.338 e. The van der Waals surface area contributed by atoms with Crippen molar-refractivity contribution in [3.05, 3.63) is 95.8 Å². The maximum absolute atomic E-state index is 14.0. The summed E-state index contributed by atoms with van der Waals surface area (Å²) in [5, 5.41) is 16.4. The fourth-order valence-electron chi connectivity index (χ4n) is 4.87. The lowest BCUT2D eigenvalue weighted by molar-refractivity contribution is -0.117. The molecule has 2 heterocycles. The van der Waals surface area contributed by atoms with E-state index in [1.54, 1.807) is 36.4 Å². The van der Waals surface area contributed by atoms with Crippen molar-refractivity contribution in [3.63, 3.8) is 0 Å². The minimum absolute atomic E-state index is 0.0189. The number of benzene rings is 3. The number of hydrogen-bond acceptors (Lipinski definition) is 8. The molecule has 228 valence electrons. The Morgan fingerprint density at radius 1 is 1.02 bits per heavy atom. The van der Waals surface area contributed by atoms with Crippen molar-refractivity contribution in [1.29, 1.82) is 0 Å². The summed E-state index contributed by atoms with van der Waals surface area (Å²) in [6, 6.07) is 17.2. The second-order valence-corrected chi connectivity index (χ2v) is 11.9. The fraction of sp³-hybridized carbons (Fsp3) is 0.226. The Morgan fingerprint density at radius 2 is 1.77 bits per heavy atom. The number of carboxylic acid groups (broad SMARTS) is 1. The van der Waals surface area contributed by atoms with Crippen LogP contribution in [0.5, 0.6) is 11.5 Å². The Balaban J connectivity index is 1.54. The Labute approximate surface area is 254 Å². The molecule has 0 saturated heterocycles. The number of carbonyl (C=O) groups is 2. The second kappa shape index (κ2) is 12.6. The summed E-state index contributed by atoms with van der Waals surface area (Å²) < 4.78 is 41.5. The summed E-state index contributed by atoms with van der Waals surface area (Å²) in [5.41, 5.74) is 2.33. The number of nitrogens with one attached hydrogen (secondary N) is 1. The monoisotopic (exact) mass is 617 g/mol. The first-order chi connectivity index (χ1) is 21.1. The van der Waals surface area contributed by atoms with Gasteiger partial charge in [-0.3, -0.25) is 13.8 Å². The molecule has 0 saturated carbocycles. The molecule has 12 nitrogen and oxygen atoms in total. The van der Waals surface area contributed by atoms with E-state index < -0.39 is 27.9 Å². The molecule has 1 aliphatic rings. The van der Waals surface area contributed by atoms with E-state index >= 15 is 0 Å². The highest BCUT2D eigenvalue weighted by Crippen LogP contribution is 2.36. The van der Waals surface area contributed by atoms with E-state index in [2.05, 4.69) is 15.4 Å². The van der Waals surface area contributed by atoms with E-state index in [0.717, 1.165) is 32.5 Å². The topological polar surface area (TPSA) is 152 Å². The Kier molecular flexibility index (Phi) is 8.67.